The molecule has 1 aromatic carbocycles. The number of carbonyl (C=O) groups is 1. The van der Waals surface area contributed by atoms with Crippen LogP contribution in [0.5, 0.6) is 5.75 Å². The third-order valence-electron chi connectivity index (χ3n) is 3.78. The zero-order chi connectivity index (χ0) is 14.4. The van der Waals surface area contributed by atoms with Gasteiger partial charge in [0.1, 0.15) is 12.4 Å². The van der Waals surface area contributed by atoms with Gasteiger partial charge < -0.3 is 15.8 Å². The highest BCUT2D eigenvalue weighted by Crippen LogP contribution is 2.22. The molecular weight excluding hydrogens is 252 g/mol. The van der Waals surface area contributed by atoms with Crippen molar-refractivity contribution in [2.75, 3.05) is 13.2 Å². The van der Waals surface area contributed by atoms with Crippen LogP contribution in [-0.2, 0) is 4.79 Å². The molecule has 1 fully saturated rings. The molecule has 3 N–H and O–H groups in total. The van der Waals surface area contributed by atoms with E-state index in [1.54, 1.807) is 0 Å². The van der Waals surface area contributed by atoms with Crippen molar-refractivity contribution in [3.63, 3.8) is 0 Å². The van der Waals surface area contributed by atoms with Crippen LogP contribution in [0.4, 0.5) is 0 Å². The molecule has 4 heteroatoms. The van der Waals surface area contributed by atoms with Crippen LogP contribution in [0.3, 0.4) is 0 Å². The summed E-state index contributed by atoms with van der Waals surface area (Å²) in [5.41, 5.74) is 7.11. The minimum Gasteiger partial charge on any atom is -0.492 e. The van der Waals surface area contributed by atoms with Gasteiger partial charge in [0.2, 0.25) is 5.91 Å². The van der Waals surface area contributed by atoms with Crippen molar-refractivity contribution >= 4 is 5.91 Å². The highest BCUT2D eigenvalue weighted by Gasteiger charge is 2.24. The number of carbonyl (C=O) groups excluding carboxylic acids is 1. The lowest BCUT2D eigenvalue weighted by atomic mass is 9.85. The summed E-state index contributed by atoms with van der Waals surface area (Å²) < 4.78 is 5.58. The van der Waals surface area contributed by atoms with E-state index in [9.17, 15) is 4.79 Å². The lowest BCUT2D eigenvalue weighted by molar-refractivity contribution is -0.126. The molecule has 4 nitrogen and oxygen atoms in total. The molecule has 0 saturated heterocycles. The van der Waals surface area contributed by atoms with Gasteiger partial charge >= 0.3 is 0 Å². The molecule has 1 aliphatic rings. The van der Waals surface area contributed by atoms with Crippen molar-refractivity contribution in [2.45, 2.75) is 38.6 Å². The van der Waals surface area contributed by atoms with E-state index in [4.69, 9.17) is 10.5 Å². The minimum atomic E-state index is 0.0816. The largest absolute Gasteiger partial charge is 0.492 e. The first-order valence-electron chi connectivity index (χ1n) is 7.38. The fraction of sp³-hybridized carbons (Fsp3) is 0.562. The third kappa shape index (κ3) is 4.53. The Hall–Kier alpha value is -1.55. The van der Waals surface area contributed by atoms with E-state index >= 15 is 0 Å². The van der Waals surface area contributed by atoms with Gasteiger partial charge in [0.05, 0.1) is 6.54 Å². The van der Waals surface area contributed by atoms with Gasteiger partial charge in [-0.15, -0.1) is 0 Å². The molecule has 110 valence electrons. The van der Waals surface area contributed by atoms with Crippen molar-refractivity contribution in [3.05, 3.63) is 29.8 Å². The Bertz CT molecular complexity index is 431. The van der Waals surface area contributed by atoms with Gasteiger partial charge in [-0.05, 0) is 38.3 Å². The molecule has 1 aliphatic carbocycles. The second kappa shape index (κ2) is 7.29. The summed E-state index contributed by atoms with van der Waals surface area (Å²) in [7, 11) is 0. The summed E-state index contributed by atoms with van der Waals surface area (Å²) in [5.74, 6) is 1.04. The smallest absolute Gasteiger partial charge is 0.223 e. The zero-order valence-corrected chi connectivity index (χ0v) is 12.1. The molecule has 0 aromatic heterocycles. The maximum Gasteiger partial charge on any atom is 0.223 e. The Morgan fingerprint density at radius 2 is 2.10 bits per heavy atom. The number of hydrogen-bond donors (Lipinski definition) is 2. The van der Waals surface area contributed by atoms with Crippen LogP contribution in [0.1, 0.15) is 31.2 Å². The van der Waals surface area contributed by atoms with Crippen LogP contribution in [0.25, 0.3) is 0 Å². The fourth-order valence-corrected chi connectivity index (χ4v) is 2.59. The monoisotopic (exact) mass is 276 g/mol. The Morgan fingerprint density at radius 3 is 2.80 bits per heavy atom. The van der Waals surface area contributed by atoms with E-state index in [0.29, 0.717) is 13.2 Å². The predicted molar refractivity (Wildman–Crippen MR) is 79.6 cm³/mol. The average Bonchev–Trinajstić information content (AvgIpc) is 2.45. The maximum absolute atomic E-state index is 12.0. The number of nitrogens with two attached hydrogens (primary N) is 1. The van der Waals surface area contributed by atoms with Crippen molar-refractivity contribution < 1.29 is 9.53 Å². The first-order valence-corrected chi connectivity index (χ1v) is 7.38. The van der Waals surface area contributed by atoms with Crippen molar-refractivity contribution in [2.24, 2.45) is 11.7 Å². The number of aryl methyl sites for hydroxylation is 1. The average molecular weight is 276 g/mol. The number of hydrogen-bond acceptors (Lipinski definition) is 3. The molecule has 1 saturated carbocycles. The fourth-order valence-electron chi connectivity index (χ4n) is 2.59. The van der Waals surface area contributed by atoms with Gasteiger partial charge in [-0.2, -0.15) is 0 Å². The topological polar surface area (TPSA) is 64.3 Å². The van der Waals surface area contributed by atoms with Crippen LogP contribution >= 0.6 is 0 Å². The highest BCUT2D eigenvalue weighted by molar-refractivity contribution is 5.78. The van der Waals surface area contributed by atoms with Gasteiger partial charge in [-0.3, -0.25) is 4.79 Å². The molecule has 2 atom stereocenters. The first kappa shape index (κ1) is 14.9. The molecule has 0 spiro atoms. The summed E-state index contributed by atoms with van der Waals surface area (Å²) in [6.07, 6.45) is 3.86. The van der Waals surface area contributed by atoms with E-state index in [1.165, 1.54) is 5.56 Å². The van der Waals surface area contributed by atoms with Crippen molar-refractivity contribution in [3.8, 4) is 5.75 Å². The van der Waals surface area contributed by atoms with Crippen LogP contribution in [-0.4, -0.2) is 25.1 Å². The molecule has 0 aliphatic heterocycles. The molecule has 1 amide bonds. The summed E-state index contributed by atoms with van der Waals surface area (Å²) >= 11 is 0. The van der Waals surface area contributed by atoms with Gasteiger partial charge in [0, 0.05) is 12.0 Å². The number of rotatable bonds is 5. The zero-order valence-electron chi connectivity index (χ0n) is 12.1. The number of ether oxygens (including phenoxy) is 1. The van der Waals surface area contributed by atoms with E-state index in [-0.39, 0.29) is 17.9 Å². The molecule has 0 bridgehead atoms. The molecule has 0 heterocycles. The SMILES string of the molecule is Cc1ccc(OCCNC(=O)C2CCCC(N)C2)cc1. The number of nitrogens with one attached hydrogen (secondary N) is 1. The molecule has 2 unspecified atom stereocenters. The van der Waals surface area contributed by atoms with E-state index < -0.39 is 0 Å². The van der Waals surface area contributed by atoms with Crippen molar-refractivity contribution in [1.82, 2.24) is 5.32 Å². The summed E-state index contributed by atoms with van der Waals surface area (Å²) in [5, 5.41) is 2.94. The van der Waals surface area contributed by atoms with Gasteiger partial charge in [0.15, 0.2) is 0 Å². The Balaban J connectivity index is 1.65. The second-order valence-electron chi connectivity index (χ2n) is 5.58. The molecule has 20 heavy (non-hydrogen) atoms. The van der Waals surface area contributed by atoms with Gasteiger partial charge in [-0.25, -0.2) is 0 Å². The lowest BCUT2D eigenvalue weighted by Gasteiger charge is -2.25. The van der Waals surface area contributed by atoms with Crippen LogP contribution in [0.2, 0.25) is 0 Å². The maximum atomic E-state index is 12.0. The van der Waals surface area contributed by atoms with Gasteiger partial charge in [0.25, 0.3) is 0 Å². The normalized spacial score (nSPS) is 22.3. The standard InChI is InChI=1S/C16H24N2O2/c1-12-5-7-15(8-6-12)20-10-9-18-16(19)13-3-2-4-14(17)11-13/h5-8,13-14H,2-4,9-11,17H2,1H3,(H,18,19). The minimum absolute atomic E-state index is 0.0816. The quantitative estimate of drug-likeness (QED) is 0.809. The molecule has 1 aromatic rings. The first-order chi connectivity index (χ1) is 9.65. The summed E-state index contributed by atoms with van der Waals surface area (Å²) in [4.78, 5) is 12.0. The van der Waals surface area contributed by atoms with Crippen molar-refractivity contribution in [1.29, 1.82) is 0 Å². The van der Waals surface area contributed by atoms with Crippen LogP contribution < -0.4 is 15.8 Å². The molecule has 2 rings (SSSR count). The number of benzene rings is 1. The Morgan fingerprint density at radius 1 is 1.35 bits per heavy atom. The predicted octanol–water partition coefficient (Wildman–Crippen LogP) is 2.01. The second-order valence-corrected chi connectivity index (χ2v) is 5.58. The number of amides is 1. The third-order valence-corrected chi connectivity index (χ3v) is 3.78. The van der Waals surface area contributed by atoms with E-state index in [2.05, 4.69) is 5.32 Å². The lowest BCUT2D eigenvalue weighted by Crippen LogP contribution is -2.39. The summed E-state index contributed by atoms with van der Waals surface area (Å²) in [6, 6.07) is 8.09. The van der Waals surface area contributed by atoms with E-state index in [1.807, 2.05) is 31.2 Å². The summed E-state index contributed by atoms with van der Waals surface area (Å²) in [6.45, 7) is 3.07. The van der Waals surface area contributed by atoms with E-state index in [0.717, 1.165) is 31.4 Å². The molecule has 0 radical (unpaired) electrons. The molecular formula is C16H24N2O2. The van der Waals surface area contributed by atoms with Crippen LogP contribution in [0.15, 0.2) is 24.3 Å². The van der Waals surface area contributed by atoms with Crippen LogP contribution in [0, 0.1) is 12.8 Å². The highest BCUT2D eigenvalue weighted by atomic mass is 16.5. The van der Waals surface area contributed by atoms with Gasteiger partial charge in [-0.1, -0.05) is 24.1 Å². The Labute approximate surface area is 120 Å². The Kier molecular flexibility index (Phi) is 5.41.